The zero-order valence-electron chi connectivity index (χ0n) is 7.38. The number of rotatable bonds is 3. The topological polar surface area (TPSA) is 57.5 Å². The van der Waals surface area contributed by atoms with Gasteiger partial charge in [0.2, 0.25) is 6.17 Å². The number of halogens is 3. The monoisotopic (exact) mass is 340 g/mol. The molecule has 0 aliphatic carbocycles. The molecule has 0 amide bonds. The number of phenols is 1. The second-order valence-electron chi connectivity index (χ2n) is 2.92. The van der Waals surface area contributed by atoms with Gasteiger partial charge in [0, 0.05) is 6.42 Å². The van der Waals surface area contributed by atoms with Crippen LogP contribution in [0.2, 0.25) is 0 Å². The zero-order chi connectivity index (χ0) is 11.6. The average molecular weight is 342 g/mol. The van der Waals surface area contributed by atoms with Crippen LogP contribution >= 0.6 is 31.9 Å². The Kier molecular flexibility index (Phi) is 4.10. The summed E-state index contributed by atoms with van der Waals surface area (Å²) in [6.45, 7) is 0. The van der Waals surface area contributed by atoms with Crippen LogP contribution < -0.4 is 0 Å². The quantitative estimate of drug-likeness (QED) is 0.888. The molecule has 0 heterocycles. The van der Waals surface area contributed by atoms with Crippen LogP contribution in [0.4, 0.5) is 4.39 Å². The zero-order valence-corrected chi connectivity index (χ0v) is 10.5. The van der Waals surface area contributed by atoms with Crippen molar-refractivity contribution in [1.82, 2.24) is 0 Å². The van der Waals surface area contributed by atoms with E-state index in [1.807, 2.05) is 0 Å². The summed E-state index contributed by atoms with van der Waals surface area (Å²) < 4.78 is 13.7. The van der Waals surface area contributed by atoms with Gasteiger partial charge in [0.1, 0.15) is 5.75 Å². The molecule has 1 aromatic carbocycles. The van der Waals surface area contributed by atoms with E-state index in [0.29, 0.717) is 14.5 Å². The van der Waals surface area contributed by atoms with Crippen LogP contribution in [0.15, 0.2) is 21.1 Å². The standard InChI is InChI=1S/C9H7Br2FO3/c10-5-1-4(2-6(11)8(5)13)3-7(12)9(14)15/h1-2,7,13H,3H2,(H,14,15)/t7-/m0/s1. The third-order valence-corrected chi connectivity index (χ3v) is 2.97. The molecule has 0 radical (unpaired) electrons. The molecule has 0 aromatic heterocycles. The lowest BCUT2D eigenvalue weighted by Crippen LogP contribution is -2.17. The van der Waals surface area contributed by atoms with E-state index in [4.69, 9.17) is 5.11 Å². The molecule has 1 aromatic rings. The van der Waals surface area contributed by atoms with Crippen molar-refractivity contribution in [3.63, 3.8) is 0 Å². The third kappa shape index (κ3) is 3.17. The minimum absolute atomic E-state index is 0.00415. The van der Waals surface area contributed by atoms with Gasteiger partial charge in [-0.1, -0.05) is 0 Å². The Balaban J connectivity index is 2.92. The molecule has 0 aliphatic rings. The highest BCUT2D eigenvalue weighted by Gasteiger charge is 2.17. The molecular weight excluding hydrogens is 335 g/mol. The fourth-order valence-electron chi connectivity index (χ4n) is 1.03. The maximum Gasteiger partial charge on any atom is 0.338 e. The number of phenolic OH excluding ortho intramolecular Hbond substituents is 1. The molecule has 1 atom stereocenters. The van der Waals surface area contributed by atoms with E-state index in [2.05, 4.69) is 31.9 Å². The summed E-state index contributed by atoms with van der Waals surface area (Å²) in [6.07, 6.45) is -2.17. The van der Waals surface area contributed by atoms with Crippen LogP contribution in [0.5, 0.6) is 5.75 Å². The predicted octanol–water partition coefficient (Wildman–Crippen LogP) is 2.88. The lowest BCUT2D eigenvalue weighted by atomic mass is 10.1. The SMILES string of the molecule is O=C(O)[C@@H](F)Cc1cc(Br)c(O)c(Br)c1. The molecule has 0 unspecified atom stereocenters. The minimum Gasteiger partial charge on any atom is -0.506 e. The van der Waals surface area contributed by atoms with Crippen molar-refractivity contribution in [2.24, 2.45) is 0 Å². The first-order valence-electron chi connectivity index (χ1n) is 3.95. The first-order valence-corrected chi connectivity index (χ1v) is 5.54. The predicted molar refractivity (Wildman–Crippen MR) is 59.7 cm³/mol. The largest absolute Gasteiger partial charge is 0.506 e. The lowest BCUT2D eigenvalue weighted by molar-refractivity contribution is -0.142. The van der Waals surface area contributed by atoms with E-state index >= 15 is 0 Å². The van der Waals surface area contributed by atoms with E-state index < -0.39 is 12.1 Å². The normalized spacial score (nSPS) is 12.5. The molecule has 0 spiro atoms. The van der Waals surface area contributed by atoms with E-state index in [1.165, 1.54) is 12.1 Å². The summed E-state index contributed by atoms with van der Waals surface area (Å²) in [6, 6.07) is 2.96. The van der Waals surface area contributed by atoms with Crippen LogP contribution in [-0.4, -0.2) is 22.4 Å². The number of carboxylic acids is 1. The Morgan fingerprint density at radius 3 is 2.27 bits per heavy atom. The maximum atomic E-state index is 12.9. The molecule has 3 nitrogen and oxygen atoms in total. The maximum absolute atomic E-state index is 12.9. The van der Waals surface area contributed by atoms with Gasteiger partial charge >= 0.3 is 5.97 Å². The van der Waals surface area contributed by atoms with E-state index in [1.54, 1.807) is 0 Å². The van der Waals surface area contributed by atoms with Crippen molar-refractivity contribution in [2.75, 3.05) is 0 Å². The van der Waals surface area contributed by atoms with E-state index in [-0.39, 0.29) is 12.2 Å². The molecule has 0 fully saturated rings. The molecule has 15 heavy (non-hydrogen) atoms. The Hall–Kier alpha value is -0.620. The van der Waals surface area contributed by atoms with E-state index in [0.717, 1.165) is 0 Å². The summed E-state index contributed by atoms with van der Waals surface area (Å²) in [5.41, 5.74) is 0.487. The van der Waals surface area contributed by atoms with Gasteiger partial charge in [0.25, 0.3) is 0 Å². The highest BCUT2D eigenvalue weighted by atomic mass is 79.9. The van der Waals surface area contributed by atoms with Gasteiger partial charge in [-0.2, -0.15) is 0 Å². The van der Waals surface area contributed by atoms with Gasteiger partial charge < -0.3 is 10.2 Å². The van der Waals surface area contributed by atoms with Crippen molar-refractivity contribution < 1.29 is 19.4 Å². The van der Waals surface area contributed by atoms with Gasteiger partial charge in [0.05, 0.1) is 8.95 Å². The van der Waals surface area contributed by atoms with Crippen LogP contribution in [0.25, 0.3) is 0 Å². The lowest BCUT2D eigenvalue weighted by Gasteiger charge is -2.06. The van der Waals surface area contributed by atoms with Gasteiger partial charge in [-0.05, 0) is 49.6 Å². The first kappa shape index (κ1) is 12.4. The summed E-state index contributed by atoms with van der Waals surface area (Å²) >= 11 is 6.15. The smallest absolute Gasteiger partial charge is 0.338 e. The summed E-state index contributed by atoms with van der Waals surface area (Å²) in [7, 11) is 0. The molecule has 0 saturated carbocycles. The number of alkyl halides is 1. The summed E-state index contributed by atoms with van der Waals surface area (Å²) in [4.78, 5) is 10.3. The number of carbonyl (C=O) groups is 1. The molecular formula is C9H7Br2FO3. The number of carboxylic acid groups (broad SMARTS) is 1. The first-order chi connectivity index (χ1) is 6.91. The van der Waals surface area contributed by atoms with Crippen LogP contribution in [-0.2, 0) is 11.2 Å². The van der Waals surface area contributed by atoms with Crippen molar-refractivity contribution in [1.29, 1.82) is 0 Å². The fourth-order valence-corrected chi connectivity index (χ4v) is 2.31. The van der Waals surface area contributed by atoms with Crippen LogP contribution in [0, 0.1) is 0 Å². The number of aliphatic carboxylic acids is 1. The second-order valence-corrected chi connectivity index (χ2v) is 4.63. The molecule has 0 saturated heterocycles. The average Bonchev–Trinajstić information content (AvgIpc) is 2.13. The molecule has 1 rings (SSSR count). The Bertz CT molecular complexity index is 372. The van der Waals surface area contributed by atoms with Gasteiger partial charge in [-0.25, -0.2) is 9.18 Å². The van der Waals surface area contributed by atoms with Gasteiger partial charge in [0.15, 0.2) is 0 Å². The number of hydrogen-bond acceptors (Lipinski definition) is 2. The fraction of sp³-hybridized carbons (Fsp3) is 0.222. The highest BCUT2D eigenvalue weighted by molar-refractivity contribution is 9.11. The summed E-state index contributed by atoms with van der Waals surface area (Å²) in [5.74, 6) is -1.49. The molecule has 0 aliphatic heterocycles. The second kappa shape index (κ2) is 4.94. The Labute approximate surface area is 102 Å². The van der Waals surface area contributed by atoms with E-state index in [9.17, 15) is 14.3 Å². The van der Waals surface area contributed by atoms with Crippen LogP contribution in [0.3, 0.4) is 0 Å². The molecule has 2 N–H and O–H groups in total. The Morgan fingerprint density at radius 1 is 1.40 bits per heavy atom. The number of benzene rings is 1. The molecule has 6 heteroatoms. The molecule has 0 bridgehead atoms. The minimum atomic E-state index is -1.94. The van der Waals surface area contributed by atoms with Crippen LogP contribution in [0.1, 0.15) is 5.56 Å². The Morgan fingerprint density at radius 2 is 1.87 bits per heavy atom. The number of hydrogen-bond donors (Lipinski definition) is 2. The van der Waals surface area contributed by atoms with Crippen molar-refractivity contribution in [3.8, 4) is 5.75 Å². The van der Waals surface area contributed by atoms with Gasteiger partial charge in [-0.15, -0.1) is 0 Å². The number of aromatic hydroxyl groups is 1. The van der Waals surface area contributed by atoms with Gasteiger partial charge in [-0.3, -0.25) is 0 Å². The van der Waals surface area contributed by atoms with Crippen molar-refractivity contribution in [3.05, 3.63) is 26.6 Å². The summed E-state index contributed by atoms with van der Waals surface area (Å²) in [5, 5.41) is 17.8. The molecule has 82 valence electrons. The highest BCUT2D eigenvalue weighted by Crippen LogP contribution is 2.33. The van der Waals surface area contributed by atoms with Crippen molar-refractivity contribution >= 4 is 37.8 Å². The van der Waals surface area contributed by atoms with Crippen molar-refractivity contribution in [2.45, 2.75) is 12.6 Å². The third-order valence-electron chi connectivity index (χ3n) is 1.76.